The third-order valence-electron chi connectivity index (χ3n) is 2.90. The van der Waals surface area contributed by atoms with Gasteiger partial charge in [-0.3, -0.25) is 0 Å². The summed E-state index contributed by atoms with van der Waals surface area (Å²) in [6.45, 7) is 3.70. The van der Waals surface area contributed by atoms with Gasteiger partial charge in [-0.1, -0.05) is 13.8 Å². The van der Waals surface area contributed by atoms with E-state index in [4.69, 9.17) is 0 Å². The summed E-state index contributed by atoms with van der Waals surface area (Å²) in [5.41, 5.74) is -0.333. The first-order chi connectivity index (χ1) is 5.91. The van der Waals surface area contributed by atoms with E-state index in [1.54, 1.807) is 0 Å². The average molecular weight is 192 g/mol. The summed E-state index contributed by atoms with van der Waals surface area (Å²) in [5.74, 6) is 0.258. The van der Waals surface area contributed by atoms with E-state index < -0.39 is 6.43 Å². The van der Waals surface area contributed by atoms with Gasteiger partial charge in [0.05, 0.1) is 6.10 Å². The molecule has 1 saturated carbocycles. The van der Waals surface area contributed by atoms with Crippen LogP contribution in [0.1, 0.15) is 39.5 Å². The Balaban J connectivity index is 2.32. The molecule has 0 aliphatic heterocycles. The van der Waals surface area contributed by atoms with Gasteiger partial charge in [0, 0.05) is 6.42 Å². The molecule has 0 amide bonds. The number of aliphatic hydroxyl groups excluding tert-OH is 1. The maximum absolute atomic E-state index is 12.1. The van der Waals surface area contributed by atoms with Crippen molar-refractivity contribution < 1.29 is 13.9 Å². The fourth-order valence-electron chi connectivity index (χ4n) is 2.00. The van der Waals surface area contributed by atoms with Gasteiger partial charge in [-0.05, 0) is 30.6 Å². The van der Waals surface area contributed by atoms with Crippen molar-refractivity contribution in [1.82, 2.24) is 0 Å². The summed E-state index contributed by atoms with van der Waals surface area (Å²) in [7, 11) is 0. The van der Waals surface area contributed by atoms with Crippen LogP contribution in [0.3, 0.4) is 0 Å². The molecular weight excluding hydrogens is 174 g/mol. The van der Waals surface area contributed by atoms with E-state index in [2.05, 4.69) is 0 Å². The van der Waals surface area contributed by atoms with Gasteiger partial charge in [-0.25, -0.2) is 8.78 Å². The second-order valence-electron chi connectivity index (χ2n) is 4.87. The van der Waals surface area contributed by atoms with E-state index in [0.29, 0.717) is 0 Å². The second kappa shape index (κ2) is 3.91. The van der Waals surface area contributed by atoms with Gasteiger partial charge in [0.25, 0.3) is 0 Å². The largest absolute Gasteiger partial charge is 0.393 e. The molecular formula is C10H18F2O. The van der Waals surface area contributed by atoms with Gasteiger partial charge in [0.1, 0.15) is 0 Å². The highest BCUT2D eigenvalue weighted by Crippen LogP contribution is 2.40. The number of halogens is 2. The molecule has 1 aliphatic carbocycles. The third kappa shape index (κ3) is 3.22. The zero-order valence-corrected chi connectivity index (χ0v) is 8.26. The number of hydrogen-bond donors (Lipinski definition) is 1. The topological polar surface area (TPSA) is 20.2 Å². The maximum Gasteiger partial charge on any atom is 0.239 e. The smallest absolute Gasteiger partial charge is 0.239 e. The van der Waals surface area contributed by atoms with Gasteiger partial charge in [-0.2, -0.15) is 0 Å². The molecule has 2 unspecified atom stereocenters. The number of aliphatic hydroxyl groups is 1. The van der Waals surface area contributed by atoms with E-state index in [1.165, 1.54) is 0 Å². The Labute approximate surface area is 78.1 Å². The fraction of sp³-hybridized carbons (Fsp3) is 1.00. The molecule has 0 bridgehead atoms. The van der Waals surface area contributed by atoms with Crippen LogP contribution in [0, 0.1) is 11.3 Å². The van der Waals surface area contributed by atoms with Crippen LogP contribution in [-0.2, 0) is 0 Å². The quantitative estimate of drug-likeness (QED) is 0.726. The van der Waals surface area contributed by atoms with Crippen LogP contribution >= 0.6 is 0 Å². The Morgan fingerprint density at radius 2 is 2.00 bits per heavy atom. The molecule has 3 heteroatoms. The highest BCUT2D eigenvalue weighted by molar-refractivity contribution is 4.85. The van der Waals surface area contributed by atoms with Crippen LogP contribution in [0.25, 0.3) is 0 Å². The van der Waals surface area contributed by atoms with Crippen LogP contribution in [0.15, 0.2) is 0 Å². The van der Waals surface area contributed by atoms with Gasteiger partial charge in [-0.15, -0.1) is 0 Å². The lowest BCUT2D eigenvalue weighted by Gasteiger charge is -2.38. The fourth-order valence-corrected chi connectivity index (χ4v) is 2.00. The molecule has 0 heterocycles. The van der Waals surface area contributed by atoms with E-state index in [0.717, 1.165) is 19.3 Å². The van der Waals surface area contributed by atoms with E-state index >= 15 is 0 Å². The van der Waals surface area contributed by atoms with Crippen molar-refractivity contribution in [3.05, 3.63) is 0 Å². The number of rotatable bonds is 4. The molecule has 0 aromatic heterocycles. The molecule has 1 aliphatic rings. The molecule has 0 saturated heterocycles. The minimum absolute atomic E-state index is 0.0593. The molecule has 2 atom stereocenters. The highest BCUT2D eigenvalue weighted by atomic mass is 19.3. The van der Waals surface area contributed by atoms with Crippen LogP contribution in [0.2, 0.25) is 0 Å². The minimum atomic E-state index is -2.23. The minimum Gasteiger partial charge on any atom is -0.393 e. The second-order valence-corrected chi connectivity index (χ2v) is 4.87. The van der Waals surface area contributed by atoms with E-state index in [1.807, 2.05) is 13.8 Å². The zero-order chi connectivity index (χ0) is 10.1. The third-order valence-corrected chi connectivity index (χ3v) is 2.90. The Bertz CT molecular complexity index is 168. The van der Waals surface area contributed by atoms with Crippen molar-refractivity contribution in [3.8, 4) is 0 Å². The first-order valence-corrected chi connectivity index (χ1v) is 4.87. The van der Waals surface area contributed by atoms with Crippen LogP contribution in [0.5, 0.6) is 0 Å². The predicted molar refractivity (Wildman–Crippen MR) is 47.7 cm³/mol. The molecule has 13 heavy (non-hydrogen) atoms. The van der Waals surface area contributed by atoms with Crippen molar-refractivity contribution in [2.75, 3.05) is 0 Å². The van der Waals surface area contributed by atoms with Crippen LogP contribution < -0.4 is 0 Å². The molecule has 0 spiro atoms. The van der Waals surface area contributed by atoms with Crippen molar-refractivity contribution in [2.24, 2.45) is 11.3 Å². The number of alkyl halides is 2. The summed E-state index contributed by atoms with van der Waals surface area (Å²) in [5, 5.41) is 9.32. The maximum atomic E-state index is 12.1. The molecule has 78 valence electrons. The van der Waals surface area contributed by atoms with Crippen molar-refractivity contribution >= 4 is 0 Å². The highest BCUT2D eigenvalue weighted by Gasteiger charge is 2.35. The molecule has 0 radical (unpaired) electrons. The SMILES string of the molecule is CC(C)(CC(F)F)CC1CCC1O. The predicted octanol–water partition coefficient (Wildman–Crippen LogP) is 2.83. The van der Waals surface area contributed by atoms with Crippen LogP contribution in [0.4, 0.5) is 8.78 Å². The first kappa shape index (κ1) is 10.9. The van der Waals surface area contributed by atoms with E-state index in [9.17, 15) is 13.9 Å². The van der Waals surface area contributed by atoms with Crippen molar-refractivity contribution in [2.45, 2.75) is 52.1 Å². The molecule has 0 aromatic carbocycles. The summed E-state index contributed by atoms with van der Waals surface area (Å²) in [6.07, 6.45) is 0.0296. The molecule has 1 fully saturated rings. The normalized spacial score (nSPS) is 29.1. The molecule has 1 rings (SSSR count). The summed E-state index contributed by atoms with van der Waals surface area (Å²) < 4.78 is 24.3. The average Bonchev–Trinajstić information content (AvgIpc) is 1.95. The zero-order valence-electron chi connectivity index (χ0n) is 8.26. The van der Waals surface area contributed by atoms with Crippen LogP contribution in [-0.4, -0.2) is 17.6 Å². The summed E-state index contributed by atoms with van der Waals surface area (Å²) in [6, 6.07) is 0. The summed E-state index contributed by atoms with van der Waals surface area (Å²) >= 11 is 0. The Hall–Kier alpha value is -0.180. The number of hydrogen-bond acceptors (Lipinski definition) is 1. The molecule has 1 nitrogen and oxygen atoms in total. The monoisotopic (exact) mass is 192 g/mol. The Morgan fingerprint density at radius 3 is 2.31 bits per heavy atom. The summed E-state index contributed by atoms with van der Waals surface area (Å²) in [4.78, 5) is 0. The van der Waals surface area contributed by atoms with Gasteiger partial charge < -0.3 is 5.11 Å². The van der Waals surface area contributed by atoms with Gasteiger partial charge >= 0.3 is 0 Å². The van der Waals surface area contributed by atoms with E-state index in [-0.39, 0.29) is 23.9 Å². The Morgan fingerprint density at radius 1 is 1.38 bits per heavy atom. The lowest BCUT2D eigenvalue weighted by atomic mass is 9.70. The van der Waals surface area contributed by atoms with Crippen molar-refractivity contribution in [3.63, 3.8) is 0 Å². The lowest BCUT2D eigenvalue weighted by Crippen LogP contribution is -2.35. The molecule has 1 N–H and O–H groups in total. The van der Waals surface area contributed by atoms with Gasteiger partial charge in [0.2, 0.25) is 6.43 Å². The lowest BCUT2D eigenvalue weighted by molar-refractivity contribution is -0.0131. The van der Waals surface area contributed by atoms with Crippen molar-refractivity contribution in [1.29, 1.82) is 0 Å². The Kier molecular flexibility index (Phi) is 3.28. The molecule has 0 aromatic rings. The van der Waals surface area contributed by atoms with Gasteiger partial charge in [0.15, 0.2) is 0 Å². The first-order valence-electron chi connectivity index (χ1n) is 4.87. The standard InChI is InChI=1S/C10H18F2O/c1-10(2,6-9(11)12)5-7-3-4-8(7)13/h7-9,13H,3-6H2,1-2H3.